The summed E-state index contributed by atoms with van der Waals surface area (Å²) in [5.41, 5.74) is 9.01. The number of phenolic OH excluding ortho intramolecular Hbond substituents is 1. The van der Waals surface area contributed by atoms with E-state index in [1.807, 2.05) is 12.1 Å². The standard InChI is InChI=1S/C25H25NO/c1-26(2)17-22-12-11-20-15-19(18-7-4-3-5-8-18)13-14-24(20)25(22)21-9-6-10-23(27)16-21/h3-10,13-16,27H,11-12,17H2,1-2H3. The molecule has 3 aromatic rings. The zero-order valence-electron chi connectivity index (χ0n) is 15.9. The van der Waals surface area contributed by atoms with Crippen molar-refractivity contribution in [2.75, 3.05) is 20.6 Å². The molecule has 0 fully saturated rings. The number of aryl methyl sites for hydroxylation is 1. The summed E-state index contributed by atoms with van der Waals surface area (Å²) >= 11 is 0. The number of aromatic hydroxyl groups is 1. The van der Waals surface area contributed by atoms with Crippen molar-refractivity contribution in [1.82, 2.24) is 4.90 Å². The van der Waals surface area contributed by atoms with E-state index in [0.717, 1.165) is 24.9 Å². The summed E-state index contributed by atoms with van der Waals surface area (Å²) in [5.74, 6) is 0.317. The lowest BCUT2D eigenvalue weighted by Gasteiger charge is -2.26. The van der Waals surface area contributed by atoms with Crippen molar-refractivity contribution in [3.05, 3.63) is 95.1 Å². The second kappa shape index (κ2) is 7.42. The van der Waals surface area contributed by atoms with E-state index < -0.39 is 0 Å². The summed E-state index contributed by atoms with van der Waals surface area (Å²) in [4.78, 5) is 2.22. The van der Waals surface area contributed by atoms with Crippen LogP contribution in [0.5, 0.6) is 5.75 Å². The molecule has 0 unspecified atom stereocenters. The maximum Gasteiger partial charge on any atom is 0.116 e. The Morgan fingerprint density at radius 1 is 0.778 bits per heavy atom. The first kappa shape index (κ1) is 17.6. The zero-order chi connectivity index (χ0) is 18.8. The maximum absolute atomic E-state index is 10.0. The third kappa shape index (κ3) is 3.67. The van der Waals surface area contributed by atoms with E-state index in [0.29, 0.717) is 5.75 Å². The average Bonchev–Trinajstić information content (AvgIpc) is 2.67. The van der Waals surface area contributed by atoms with Gasteiger partial charge in [-0.15, -0.1) is 0 Å². The molecule has 0 aliphatic heterocycles. The Morgan fingerprint density at radius 3 is 2.30 bits per heavy atom. The number of benzene rings is 3. The highest BCUT2D eigenvalue weighted by atomic mass is 16.3. The van der Waals surface area contributed by atoms with Crippen LogP contribution in [0.4, 0.5) is 0 Å². The first-order chi connectivity index (χ1) is 13.1. The number of hydrogen-bond donors (Lipinski definition) is 1. The number of phenols is 1. The first-order valence-corrected chi connectivity index (χ1v) is 9.47. The first-order valence-electron chi connectivity index (χ1n) is 9.47. The minimum absolute atomic E-state index is 0.317. The molecule has 4 rings (SSSR count). The Balaban J connectivity index is 1.84. The Morgan fingerprint density at radius 2 is 1.56 bits per heavy atom. The molecule has 0 saturated heterocycles. The number of hydrogen-bond acceptors (Lipinski definition) is 2. The van der Waals surface area contributed by atoms with E-state index >= 15 is 0 Å². The van der Waals surface area contributed by atoms with Crippen LogP contribution in [0, 0.1) is 0 Å². The van der Waals surface area contributed by atoms with E-state index in [2.05, 4.69) is 73.6 Å². The van der Waals surface area contributed by atoms with Gasteiger partial charge in [-0.05, 0) is 78.0 Å². The summed E-state index contributed by atoms with van der Waals surface area (Å²) < 4.78 is 0. The van der Waals surface area contributed by atoms with E-state index in [4.69, 9.17) is 0 Å². The molecule has 2 nitrogen and oxygen atoms in total. The van der Waals surface area contributed by atoms with Crippen LogP contribution < -0.4 is 0 Å². The van der Waals surface area contributed by atoms with Crippen LogP contribution in [0.2, 0.25) is 0 Å². The second-order valence-corrected chi connectivity index (χ2v) is 7.50. The van der Waals surface area contributed by atoms with Crippen LogP contribution in [0.25, 0.3) is 16.7 Å². The minimum Gasteiger partial charge on any atom is -0.508 e. The molecule has 2 heteroatoms. The molecule has 1 aliphatic carbocycles. The SMILES string of the molecule is CN(C)CC1=C(c2cccc(O)c2)c2ccc(-c3ccccc3)cc2CC1. The van der Waals surface area contributed by atoms with Gasteiger partial charge >= 0.3 is 0 Å². The zero-order valence-corrected chi connectivity index (χ0v) is 15.9. The van der Waals surface area contributed by atoms with Gasteiger partial charge in [0, 0.05) is 6.54 Å². The number of fused-ring (bicyclic) bond motifs is 1. The van der Waals surface area contributed by atoms with Crippen LogP contribution in [-0.2, 0) is 6.42 Å². The Kier molecular flexibility index (Phi) is 4.83. The van der Waals surface area contributed by atoms with Gasteiger partial charge in [0.2, 0.25) is 0 Å². The third-order valence-corrected chi connectivity index (χ3v) is 5.17. The monoisotopic (exact) mass is 355 g/mol. The van der Waals surface area contributed by atoms with Gasteiger partial charge in [0.15, 0.2) is 0 Å². The van der Waals surface area contributed by atoms with Gasteiger partial charge < -0.3 is 10.0 Å². The van der Waals surface area contributed by atoms with Crippen molar-refractivity contribution in [2.24, 2.45) is 0 Å². The Hall–Kier alpha value is -2.84. The maximum atomic E-state index is 10.0. The van der Waals surface area contributed by atoms with Crippen molar-refractivity contribution in [3.8, 4) is 16.9 Å². The molecule has 0 spiro atoms. The van der Waals surface area contributed by atoms with Crippen molar-refractivity contribution >= 4 is 5.57 Å². The van der Waals surface area contributed by atoms with Gasteiger partial charge in [-0.1, -0.05) is 60.7 Å². The van der Waals surface area contributed by atoms with Crippen LogP contribution >= 0.6 is 0 Å². The van der Waals surface area contributed by atoms with E-state index in [-0.39, 0.29) is 0 Å². The molecule has 0 atom stereocenters. The van der Waals surface area contributed by atoms with Crippen LogP contribution in [0.15, 0.2) is 78.4 Å². The fourth-order valence-electron chi connectivity index (χ4n) is 4.02. The third-order valence-electron chi connectivity index (χ3n) is 5.17. The number of likely N-dealkylation sites (N-methyl/N-ethyl adjacent to an activating group) is 1. The minimum atomic E-state index is 0.317. The summed E-state index contributed by atoms with van der Waals surface area (Å²) in [5, 5.41) is 10.0. The van der Waals surface area contributed by atoms with E-state index in [1.54, 1.807) is 6.07 Å². The molecule has 0 saturated carbocycles. The highest BCUT2D eigenvalue weighted by Gasteiger charge is 2.21. The van der Waals surface area contributed by atoms with Crippen molar-refractivity contribution < 1.29 is 5.11 Å². The van der Waals surface area contributed by atoms with Crippen molar-refractivity contribution in [3.63, 3.8) is 0 Å². The van der Waals surface area contributed by atoms with Crippen LogP contribution in [0.3, 0.4) is 0 Å². The Bertz CT molecular complexity index is 986. The molecule has 0 amide bonds. The summed E-state index contributed by atoms with van der Waals surface area (Å²) in [7, 11) is 4.22. The van der Waals surface area contributed by atoms with Gasteiger partial charge in [-0.2, -0.15) is 0 Å². The van der Waals surface area contributed by atoms with Gasteiger partial charge in [-0.3, -0.25) is 0 Å². The lowest BCUT2D eigenvalue weighted by atomic mass is 9.81. The molecule has 0 bridgehead atoms. The molecule has 1 aliphatic rings. The van der Waals surface area contributed by atoms with Crippen LogP contribution in [-0.4, -0.2) is 30.6 Å². The van der Waals surface area contributed by atoms with E-state index in [1.165, 1.54) is 33.4 Å². The van der Waals surface area contributed by atoms with Crippen LogP contribution in [0.1, 0.15) is 23.1 Å². The lowest BCUT2D eigenvalue weighted by molar-refractivity contribution is 0.439. The molecule has 0 radical (unpaired) electrons. The normalized spacial score (nSPS) is 13.7. The largest absolute Gasteiger partial charge is 0.508 e. The molecule has 1 N–H and O–H groups in total. The van der Waals surface area contributed by atoms with Gasteiger partial charge in [-0.25, -0.2) is 0 Å². The predicted molar refractivity (Wildman–Crippen MR) is 113 cm³/mol. The summed E-state index contributed by atoms with van der Waals surface area (Å²) in [6.45, 7) is 0.935. The Labute approximate surface area is 161 Å². The quantitative estimate of drug-likeness (QED) is 0.680. The fraction of sp³-hybridized carbons (Fsp3) is 0.200. The van der Waals surface area contributed by atoms with Gasteiger partial charge in [0.25, 0.3) is 0 Å². The molecular formula is C25H25NO. The van der Waals surface area contributed by atoms with E-state index in [9.17, 15) is 5.11 Å². The topological polar surface area (TPSA) is 23.5 Å². The fourth-order valence-corrected chi connectivity index (χ4v) is 4.02. The van der Waals surface area contributed by atoms with Crippen molar-refractivity contribution in [1.29, 1.82) is 0 Å². The number of nitrogens with zero attached hydrogens (tertiary/aromatic N) is 1. The number of rotatable bonds is 4. The lowest BCUT2D eigenvalue weighted by Crippen LogP contribution is -2.19. The summed E-state index contributed by atoms with van der Waals surface area (Å²) in [6.07, 6.45) is 2.11. The molecule has 0 aromatic heterocycles. The average molecular weight is 355 g/mol. The highest BCUT2D eigenvalue weighted by Crippen LogP contribution is 2.38. The molecular weight excluding hydrogens is 330 g/mol. The van der Waals surface area contributed by atoms with Gasteiger partial charge in [0.05, 0.1) is 0 Å². The van der Waals surface area contributed by atoms with Gasteiger partial charge in [0.1, 0.15) is 5.75 Å². The molecule has 3 aromatic carbocycles. The smallest absolute Gasteiger partial charge is 0.116 e. The predicted octanol–water partition coefficient (Wildman–Crippen LogP) is 5.37. The summed E-state index contributed by atoms with van der Waals surface area (Å²) in [6, 6.07) is 25.0. The molecule has 0 heterocycles. The van der Waals surface area contributed by atoms with Crippen molar-refractivity contribution in [2.45, 2.75) is 12.8 Å². The molecule has 136 valence electrons. The molecule has 27 heavy (non-hydrogen) atoms. The second-order valence-electron chi connectivity index (χ2n) is 7.50. The highest BCUT2D eigenvalue weighted by molar-refractivity contribution is 5.86.